The third-order valence-electron chi connectivity index (χ3n) is 4.49. The first-order valence-electron chi connectivity index (χ1n) is 8.27. The van der Waals surface area contributed by atoms with Gasteiger partial charge in [0, 0.05) is 25.3 Å². The molecule has 0 radical (unpaired) electrons. The summed E-state index contributed by atoms with van der Waals surface area (Å²) in [7, 11) is 0. The van der Waals surface area contributed by atoms with E-state index in [1.54, 1.807) is 0 Å². The summed E-state index contributed by atoms with van der Waals surface area (Å²) < 4.78 is 5.47. The molecular formula is C18H26N2O2. The van der Waals surface area contributed by atoms with E-state index in [1.165, 1.54) is 16.8 Å². The lowest BCUT2D eigenvalue weighted by Gasteiger charge is -2.34. The summed E-state index contributed by atoms with van der Waals surface area (Å²) in [6.45, 7) is 8.37. The second kappa shape index (κ2) is 5.82. The van der Waals surface area contributed by atoms with Crippen molar-refractivity contribution >= 4 is 11.8 Å². The molecule has 0 unspecified atom stereocenters. The molecule has 3 rings (SSSR count). The minimum Gasteiger partial charge on any atom is -0.444 e. The largest absolute Gasteiger partial charge is 0.444 e. The molecular weight excluding hydrogens is 276 g/mol. The normalized spacial score (nSPS) is 18.8. The number of carbonyl (C=O) groups is 1. The van der Waals surface area contributed by atoms with Crippen molar-refractivity contribution < 1.29 is 9.53 Å². The van der Waals surface area contributed by atoms with Gasteiger partial charge >= 0.3 is 6.09 Å². The number of fused-ring (bicyclic) bond motifs is 1. The van der Waals surface area contributed by atoms with Crippen LogP contribution in [-0.2, 0) is 11.2 Å². The molecule has 1 saturated heterocycles. The maximum absolute atomic E-state index is 12.1. The Morgan fingerprint density at radius 2 is 2.00 bits per heavy atom. The van der Waals surface area contributed by atoms with Crippen LogP contribution in [0.1, 0.15) is 50.7 Å². The SMILES string of the molecule is CC(C)(C)OC(=O)N1CCC(c2cccc3c2CCN3)CC1. The number of hydrogen-bond donors (Lipinski definition) is 1. The van der Waals surface area contributed by atoms with Crippen molar-refractivity contribution in [2.24, 2.45) is 0 Å². The van der Waals surface area contributed by atoms with Crippen molar-refractivity contribution in [2.45, 2.75) is 51.6 Å². The lowest BCUT2D eigenvalue weighted by atomic mass is 9.86. The first-order valence-corrected chi connectivity index (χ1v) is 8.27. The molecule has 0 bridgehead atoms. The Kier molecular flexibility index (Phi) is 4.02. The van der Waals surface area contributed by atoms with Gasteiger partial charge in [0.05, 0.1) is 0 Å². The predicted octanol–water partition coefficient (Wildman–Crippen LogP) is 3.77. The molecule has 0 atom stereocenters. The number of rotatable bonds is 1. The van der Waals surface area contributed by atoms with Crippen LogP contribution in [0.25, 0.3) is 0 Å². The fraction of sp³-hybridized carbons (Fsp3) is 0.611. The summed E-state index contributed by atoms with van der Waals surface area (Å²) in [5.74, 6) is 0.563. The molecule has 1 aromatic rings. The van der Waals surface area contributed by atoms with Crippen molar-refractivity contribution in [3.63, 3.8) is 0 Å². The minimum atomic E-state index is -0.417. The Labute approximate surface area is 132 Å². The highest BCUT2D eigenvalue weighted by molar-refractivity contribution is 5.68. The van der Waals surface area contributed by atoms with E-state index in [0.717, 1.165) is 38.9 Å². The van der Waals surface area contributed by atoms with Gasteiger partial charge < -0.3 is 15.0 Å². The van der Waals surface area contributed by atoms with Gasteiger partial charge in [-0.3, -0.25) is 0 Å². The Hall–Kier alpha value is -1.71. The zero-order chi connectivity index (χ0) is 15.7. The quantitative estimate of drug-likeness (QED) is 0.858. The van der Waals surface area contributed by atoms with Crippen LogP contribution < -0.4 is 5.32 Å². The molecule has 0 spiro atoms. The number of ether oxygens (including phenoxy) is 1. The lowest BCUT2D eigenvalue weighted by Crippen LogP contribution is -2.41. The van der Waals surface area contributed by atoms with Crippen molar-refractivity contribution in [1.29, 1.82) is 0 Å². The van der Waals surface area contributed by atoms with Gasteiger partial charge in [0.2, 0.25) is 0 Å². The predicted molar refractivity (Wildman–Crippen MR) is 88.4 cm³/mol. The van der Waals surface area contributed by atoms with Crippen molar-refractivity contribution in [2.75, 3.05) is 25.0 Å². The van der Waals surface area contributed by atoms with Gasteiger partial charge in [-0.15, -0.1) is 0 Å². The van der Waals surface area contributed by atoms with Crippen LogP contribution in [-0.4, -0.2) is 36.2 Å². The summed E-state index contributed by atoms with van der Waals surface area (Å²) in [5.41, 5.74) is 3.84. The fourth-order valence-corrected chi connectivity index (χ4v) is 3.45. The zero-order valence-corrected chi connectivity index (χ0v) is 13.8. The second-order valence-electron chi connectivity index (χ2n) is 7.29. The maximum atomic E-state index is 12.1. The molecule has 0 aliphatic carbocycles. The Bertz CT molecular complexity index is 555. The van der Waals surface area contributed by atoms with E-state index < -0.39 is 5.60 Å². The number of nitrogens with zero attached hydrogens (tertiary/aromatic N) is 1. The molecule has 4 nitrogen and oxygen atoms in total. The van der Waals surface area contributed by atoms with Crippen LogP contribution in [0.4, 0.5) is 10.5 Å². The van der Waals surface area contributed by atoms with Crippen molar-refractivity contribution in [3.8, 4) is 0 Å². The highest BCUT2D eigenvalue weighted by Gasteiger charge is 2.29. The number of carbonyl (C=O) groups excluding carboxylic acids is 1. The number of nitrogens with one attached hydrogen (secondary N) is 1. The Morgan fingerprint density at radius 3 is 2.68 bits per heavy atom. The highest BCUT2D eigenvalue weighted by Crippen LogP contribution is 2.35. The van der Waals surface area contributed by atoms with E-state index in [-0.39, 0.29) is 6.09 Å². The van der Waals surface area contributed by atoms with Crippen molar-refractivity contribution in [1.82, 2.24) is 4.90 Å². The van der Waals surface area contributed by atoms with E-state index in [2.05, 4.69) is 23.5 Å². The average Bonchev–Trinajstić information content (AvgIpc) is 2.94. The molecule has 2 heterocycles. The first-order chi connectivity index (χ1) is 10.4. The van der Waals surface area contributed by atoms with Gasteiger partial charge in [0.15, 0.2) is 0 Å². The summed E-state index contributed by atoms with van der Waals surface area (Å²) in [5, 5.41) is 3.45. The summed E-state index contributed by atoms with van der Waals surface area (Å²) >= 11 is 0. The van der Waals surface area contributed by atoms with Crippen LogP contribution in [0.15, 0.2) is 18.2 Å². The van der Waals surface area contributed by atoms with Crippen LogP contribution >= 0.6 is 0 Å². The number of piperidine rings is 1. The summed E-state index contributed by atoms with van der Waals surface area (Å²) in [6.07, 6.45) is 2.99. The van der Waals surface area contributed by atoms with E-state index in [0.29, 0.717) is 5.92 Å². The Balaban J connectivity index is 1.63. The van der Waals surface area contributed by atoms with Gasteiger partial charge in [0.1, 0.15) is 5.60 Å². The molecule has 120 valence electrons. The first kappa shape index (κ1) is 15.2. The molecule has 1 aromatic carbocycles. The van der Waals surface area contributed by atoms with Crippen LogP contribution in [0, 0.1) is 0 Å². The van der Waals surface area contributed by atoms with E-state index in [1.807, 2.05) is 25.7 Å². The van der Waals surface area contributed by atoms with Gasteiger partial charge in [0.25, 0.3) is 0 Å². The molecule has 1 fully saturated rings. The van der Waals surface area contributed by atoms with E-state index in [9.17, 15) is 4.79 Å². The van der Waals surface area contributed by atoms with E-state index >= 15 is 0 Å². The number of likely N-dealkylation sites (tertiary alicyclic amines) is 1. The van der Waals surface area contributed by atoms with Crippen LogP contribution in [0.5, 0.6) is 0 Å². The zero-order valence-electron chi connectivity index (χ0n) is 13.8. The van der Waals surface area contributed by atoms with Crippen LogP contribution in [0.3, 0.4) is 0 Å². The number of amides is 1. The summed E-state index contributed by atoms with van der Waals surface area (Å²) in [6, 6.07) is 6.58. The molecule has 4 heteroatoms. The number of benzene rings is 1. The monoisotopic (exact) mass is 302 g/mol. The average molecular weight is 302 g/mol. The fourth-order valence-electron chi connectivity index (χ4n) is 3.45. The van der Waals surface area contributed by atoms with E-state index in [4.69, 9.17) is 4.74 Å². The van der Waals surface area contributed by atoms with Crippen molar-refractivity contribution in [3.05, 3.63) is 29.3 Å². The summed E-state index contributed by atoms with van der Waals surface area (Å²) in [4.78, 5) is 14.0. The van der Waals surface area contributed by atoms with Gasteiger partial charge in [-0.05, 0) is 63.1 Å². The second-order valence-corrected chi connectivity index (χ2v) is 7.29. The lowest BCUT2D eigenvalue weighted by molar-refractivity contribution is 0.0205. The molecule has 1 amide bonds. The van der Waals surface area contributed by atoms with Gasteiger partial charge in [-0.25, -0.2) is 4.79 Å². The minimum absolute atomic E-state index is 0.175. The molecule has 2 aliphatic heterocycles. The third kappa shape index (κ3) is 3.21. The molecule has 0 aromatic heterocycles. The van der Waals surface area contributed by atoms with Gasteiger partial charge in [-0.2, -0.15) is 0 Å². The standard InChI is InChI=1S/C18H26N2O2/c1-18(2,3)22-17(21)20-11-8-13(9-12-20)14-5-4-6-16-15(14)7-10-19-16/h4-6,13,19H,7-12H2,1-3H3. The molecule has 2 aliphatic rings. The smallest absolute Gasteiger partial charge is 0.410 e. The highest BCUT2D eigenvalue weighted by atomic mass is 16.6. The topological polar surface area (TPSA) is 41.6 Å². The number of anilines is 1. The maximum Gasteiger partial charge on any atom is 0.410 e. The molecule has 1 N–H and O–H groups in total. The molecule has 0 saturated carbocycles. The third-order valence-corrected chi connectivity index (χ3v) is 4.49. The Morgan fingerprint density at radius 1 is 1.27 bits per heavy atom. The van der Waals surface area contributed by atoms with Gasteiger partial charge in [-0.1, -0.05) is 12.1 Å². The molecule has 22 heavy (non-hydrogen) atoms. The number of hydrogen-bond acceptors (Lipinski definition) is 3. The van der Waals surface area contributed by atoms with Crippen LogP contribution in [0.2, 0.25) is 0 Å².